The van der Waals surface area contributed by atoms with E-state index in [-0.39, 0.29) is 6.04 Å². The number of hydrogen-bond donors (Lipinski definition) is 1. The van der Waals surface area contributed by atoms with Crippen molar-refractivity contribution in [2.24, 2.45) is 5.92 Å². The molecule has 0 saturated heterocycles. The average Bonchev–Trinajstić information content (AvgIpc) is 3.22. The third-order valence-electron chi connectivity index (χ3n) is 6.13. The van der Waals surface area contributed by atoms with Crippen LogP contribution in [0.25, 0.3) is 0 Å². The normalized spacial score (nSPS) is 17.4. The van der Waals surface area contributed by atoms with Gasteiger partial charge < -0.3 is 9.88 Å². The van der Waals surface area contributed by atoms with E-state index in [0.29, 0.717) is 30.4 Å². The Morgan fingerprint density at radius 3 is 2.56 bits per heavy atom. The van der Waals surface area contributed by atoms with Crippen molar-refractivity contribution in [3.05, 3.63) is 77.9 Å². The molecule has 1 atom stereocenters. The van der Waals surface area contributed by atoms with Crippen molar-refractivity contribution < 1.29 is 8.42 Å². The van der Waals surface area contributed by atoms with Gasteiger partial charge in [-0.05, 0) is 49.4 Å². The first kappa shape index (κ1) is 22.6. The summed E-state index contributed by atoms with van der Waals surface area (Å²) in [6.45, 7) is 7.87. The highest BCUT2D eigenvalue weighted by molar-refractivity contribution is 7.89. The summed E-state index contributed by atoms with van der Waals surface area (Å²) < 4.78 is 29.0. The summed E-state index contributed by atoms with van der Waals surface area (Å²) in [5.74, 6) is 0.546. The number of aryl methyl sites for hydroxylation is 1. The number of para-hydroxylation sites is 1. The molecule has 0 radical (unpaired) electrons. The molecule has 7 heteroatoms. The van der Waals surface area contributed by atoms with Gasteiger partial charge in [-0.2, -0.15) is 4.31 Å². The fourth-order valence-electron chi connectivity index (χ4n) is 4.29. The summed E-state index contributed by atoms with van der Waals surface area (Å²) in [7, 11) is -3.62. The molecule has 1 unspecified atom stereocenters. The minimum Gasteiger partial charge on any atom is -0.361 e. The van der Waals surface area contributed by atoms with Crippen molar-refractivity contribution in [1.82, 2.24) is 14.3 Å². The molecule has 6 nitrogen and oxygen atoms in total. The Kier molecular flexibility index (Phi) is 6.67. The number of aromatic amines is 1. The topological polar surface area (TPSA) is 69.3 Å². The first-order valence-corrected chi connectivity index (χ1v) is 12.7. The summed E-state index contributed by atoms with van der Waals surface area (Å²) in [6, 6.07) is 15.4. The number of hydrogen-bond acceptors (Lipinski definition) is 4. The van der Waals surface area contributed by atoms with Gasteiger partial charge in [-0.3, -0.25) is 0 Å². The molecule has 170 valence electrons. The van der Waals surface area contributed by atoms with E-state index in [4.69, 9.17) is 0 Å². The molecule has 4 rings (SSSR count). The zero-order valence-corrected chi connectivity index (χ0v) is 19.8. The maximum Gasteiger partial charge on any atom is 0.243 e. The zero-order valence-electron chi connectivity index (χ0n) is 19.0. The number of sulfonamides is 1. The summed E-state index contributed by atoms with van der Waals surface area (Å²) in [6.07, 6.45) is 5.48. The minimum absolute atomic E-state index is 0.0598. The van der Waals surface area contributed by atoms with Crippen LogP contribution < -0.4 is 4.90 Å². The lowest BCUT2D eigenvalue weighted by molar-refractivity contribution is 0.357. The van der Waals surface area contributed by atoms with E-state index in [1.54, 1.807) is 22.8 Å². The van der Waals surface area contributed by atoms with Gasteiger partial charge >= 0.3 is 0 Å². The van der Waals surface area contributed by atoms with E-state index < -0.39 is 10.0 Å². The molecular formula is C25H32N4O2S. The largest absolute Gasteiger partial charge is 0.361 e. The van der Waals surface area contributed by atoms with Crippen molar-refractivity contribution >= 4 is 15.7 Å². The molecule has 1 aliphatic rings. The molecule has 3 aromatic rings. The highest BCUT2D eigenvalue weighted by Gasteiger charge is 2.34. The SMILES string of the molecule is Cc1ccc(S(=O)(=O)N2Cc3ccccc3N(Cc3cnc[nH]3)C(CCC(C)C)C2)cc1. The Morgan fingerprint density at radius 1 is 1.12 bits per heavy atom. The molecule has 1 N–H and O–H groups in total. The van der Waals surface area contributed by atoms with E-state index in [1.807, 2.05) is 43.5 Å². The predicted molar refractivity (Wildman–Crippen MR) is 128 cm³/mol. The van der Waals surface area contributed by atoms with Gasteiger partial charge in [0.2, 0.25) is 10.0 Å². The van der Waals surface area contributed by atoms with Gasteiger partial charge in [0, 0.05) is 31.0 Å². The summed E-state index contributed by atoms with van der Waals surface area (Å²) in [5, 5.41) is 0. The van der Waals surface area contributed by atoms with Gasteiger partial charge in [0.25, 0.3) is 0 Å². The van der Waals surface area contributed by atoms with Gasteiger partial charge in [-0.15, -0.1) is 0 Å². The zero-order chi connectivity index (χ0) is 22.7. The average molecular weight is 453 g/mol. The molecule has 2 aromatic carbocycles. The molecule has 0 fully saturated rings. The molecule has 0 saturated carbocycles. The van der Waals surface area contributed by atoms with Crippen molar-refractivity contribution in [2.75, 3.05) is 11.4 Å². The number of H-pyrrole nitrogens is 1. The molecule has 0 aliphatic carbocycles. The van der Waals surface area contributed by atoms with Crippen LogP contribution >= 0.6 is 0 Å². The third-order valence-corrected chi connectivity index (χ3v) is 7.96. The van der Waals surface area contributed by atoms with Crippen molar-refractivity contribution in [3.8, 4) is 0 Å². The number of aromatic nitrogens is 2. The first-order chi connectivity index (χ1) is 15.3. The number of fused-ring (bicyclic) bond motifs is 1. The summed E-state index contributed by atoms with van der Waals surface area (Å²) in [4.78, 5) is 10.1. The second-order valence-corrected chi connectivity index (χ2v) is 11.0. The highest BCUT2D eigenvalue weighted by atomic mass is 32.2. The van der Waals surface area contributed by atoms with Crippen LogP contribution in [-0.2, 0) is 23.1 Å². The number of nitrogens with zero attached hydrogens (tertiary/aromatic N) is 3. The lowest BCUT2D eigenvalue weighted by Crippen LogP contribution is -2.43. The smallest absolute Gasteiger partial charge is 0.243 e. The maximum absolute atomic E-state index is 13.7. The molecule has 0 spiro atoms. The van der Waals surface area contributed by atoms with Crippen molar-refractivity contribution in [1.29, 1.82) is 0 Å². The van der Waals surface area contributed by atoms with Gasteiger partial charge in [0.1, 0.15) is 0 Å². The van der Waals surface area contributed by atoms with E-state index >= 15 is 0 Å². The van der Waals surface area contributed by atoms with Gasteiger partial charge in [-0.1, -0.05) is 49.7 Å². The molecule has 0 amide bonds. The standard InChI is InChI=1S/C25H32N4O2S/c1-19(2)8-11-23-17-28(32(30,31)24-12-9-20(3)10-13-24)15-21-6-4-5-7-25(21)29(23)16-22-14-26-18-27-22/h4-7,9-10,12-14,18-19,23H,8,11,15-17H2,1-3H3,(H,26,27). The third kappa shape index (κ3) is 4.89. The Balaban J connectivity index is 1.75. The number of imidazole rings is 1. The monoisotopic (exact) mass is 452 g/mol. The lowest BCUT2D eigenvalue weighted by atomic mass is 10.0. The molecule has 32 heavy (non-hydrogen) atoms. The number of nitrogens with one attached hydrogen (secondary N) is 1. The number of rotatable bonds is 7. The quantitative estimate of drug-likeness (QED) is 0.562. The minimum atomic E-state index is -3.62. The number of benzene rings is 2. The van der Waals surface area contributed by atoms with Crippen LogP contribution in [0.2, 0.25) is 0 Å². The molecular weight excluding hydrogens is 420 g/mol. The second-order valence-electron chi connectivity index (χ2n) is 9.07. The summed E-state index contributed by atoms with van der Waals surface area (Å²) >= 11 is 0. The Labute approximate surface area is 191 Å². The van der Waals surface area contributed by atoms with Crippen molar-refractivity contribution in [2.45, 2.75) is 57.6 Å². The lowest BCUT2D eigenvalue weighted by Gasteiger charge is -2.34. The Morgan fingerprint density at radius 2 is 1.88 bits per heavy atom. The summed E-state index contributed by atoms with van der Waals surface area (Å²) in [5.41, 5.74) is 4.18. The van der Waals surface area contributed by atoms with E-state index in [2.05, 4.69) is 34.8 Å². The van der Waals surface area contributed by atoms with Crippen LogP contribution in [0.4, 0.5) is 5.69 Å². The second kappa shape index (κ2) is 9.46. The van der Waals surface area contributed by atoms with Crippen LogP contribution in [-0.4, -0.2) is 35.3 Å². The fourth-order valence-corrected chi connectivity index (χ4v) is 5.75. The molecule has 0 bridgehead atoms. The number of anilines is 1. The van der Waals surface area contributed by atoms with Gasteiger partial charge in [0.05, 0.1) is 23.5 Å². The van der Waals surface area contributed by atoms with Crippen LogP contribution in [0.1, 0.15) is 43.5 Å². The van der Waals surface area contributed by atoms with Crippen molar-refractivity contribution in [3.63, 3.8) is 0 Å². The Hall–Kier alpha value is -2.64. The first-order valence-electron chi connectivity index (χ1n) is 11.2. The van der Waals surface area contributed by atoms with E-state index in [0.717, 1.165) is 35.3 Å². The highest BCUT2D eigenvalue weighted by Crippen LogP contribution is 2.33. The van der Waals surface area contributed by atoms with E-state index in [1.165, 1.54) is 0 Å². The Bertz CT molecular complexity index is 1130. The predicted octanol–water partition coefficient (Wildman–Crippen LogP) is 4.73. The maximum atomic E-state index is 13.7. The van der Waals surface area contributed by atoms with Crippen LogP contribution in [0.5, 0.6) is 0 Å². The van der Waals surface area contributed by atoms with Crippen LogP contribution in [0.15, 0.2) is 66.0 Å². The fraction of sp³-hybridized carbons (Fsp3) is 0.400. The molecule has 1 aromatic heterocycles. The molecule has 2 heterocycles. The van der Waals surface area contributed by atoms with E-state index in [9.17, 15) is 8.42 Å². The molecule has 1 aliphatic heterocycles. The van der Waals surface area contributed by atoms with Crippen LogP contribution in [0.3, 0.4) is 0 Å². The van der Waals surface area contributed by atoms with Crippen LogP contribution in [0, 0.1) is 12.8 Å². The van der Waals surface area contributed by atoms with Gasteiger partial charge in [-0.25, -0.2) is 13.4 Å². The van der Waals surface area contributed by atoms with Gasteiger partial charge in [0.15, 0.2) is 0 Å².